The minimum absolute atomic E-state index is 0.371. The van der Waals surface area contributed by atoms with E-state index in [1.165, 1.54) is 0 Å². The zero-order valence-electron chi connectivity index (χ0n) is 12.1. The lowest BCUT2D eigenvalue weighted by Gasteiger charge is -2.24. The van der Waals surface area contributed by atoms with Gasteiger partial charge < -0.3 is 20.5 Å². The highest BCUT2D eigenvalue weighted by Crippen LogP contribution is 2.09. The van der Waals surface area contributed by atoms with Crippen molar-refractivity contribution in [2.24, 2.45) is 0 Å². The lowest BCUT2D eigenvalue weighted by atomic mass is 10.1. The van der Waals surface area contributed by atoms with Gasteiger partial charge in [-0.3, -0.25) is 5.10 Å². The zero-order chi connectivity index (χ0) is 14.8. The summed E-state index contributed by atoms with van der Waals surface area (Å²) in [7, 11) is 0. The van der Waals surface area contributed by atoms with Gasteiger partial charge >= 0.3 is 6.09 Å². The normalized spacial score (nSPS) is 13.6. The maximum atomic E-state index is 11.6. The Labute approximate surface area is 119 Å². The lowest BCUT2D eigenvalue weighted by molar-refractivity contribution is 0.113. The Morgan fingerprint density at radius 2 is 2.30 bits per heavy atom. The standard InChI is InChI=1S/C13H24N4O3/c1-3-5-6-10(15-13(19)20-9-4-2)12(18)16-11-7-8-14-17-11/h7-8,10,12,18H,3-6,9H2,1-2H3,(H,15,19)(H2,14,16,17)/t10-,12+/m0/s1. The van der Waals surface area contributed by atoms with Gasteiger partial charge in [-0.25, -0.2) is 4.79 Å². The summed E-state index contributed by atoms with van der Waals surface area (Å²) in [5.74, 6) is 0.600. The number of amides is 1. The smallest absolute Gasteiger partial charge is 0.407 e. The number of aliphatic hydroxyl groups excluding tert-OH is 1. The number of carbonyl (C=O) groups is 1. The molecule has 0 aliphatic rings. The molecule has 0 aliphatic carbocycles. The Kier molecular flexibility index (Phi) is 7.49. The highest BCUT2D eigenvalue weighted by molar-refractivity contribution is 5.67. The predicted octanol–water partition coefficient (Wildman–Crippen LogP) is 1.83. The number of carbonyl (C=O) groups excluding carboxylic acids is 1. The van der Waals surface area contributed by atoms with E-state index in [-0.39, 0.29) is 0 Å². The third-order valence-corrected chi connectivity index (χ3v) is 2.79. The van der Waals surface area contributed by atoms with Crippen molar-refractivity contribution in [1.82, 2.24) is 15.5 Å². The van der Waals surface area contributed by atoms with Crippen LogP contribution < -0.4 is 10.6 Å². The van der Waals surface area contributed by atoms with Crippen LogP contribution in [0.4, 0.5) is 10.6 Å². The number of unbranched alkanes of at least 4 members (excludes halogenated alkanes) is 1. The monoisotopic (exact) mass is 284 g/mol. The molecule has 0 aromatic carbocycles. The number of aliphatic hydroxyl groups is 1. The van der Waals surface area contributed by atoms with Gasteiger partial charge in [0.25, 0.3) is 0 Å². The van der Waals surface area contributed by atoms with E-state index in [1.54, 1.807) is 12.3 Å². The number of anilines is 1. The van der Waals surface area contributed by atoms with E-state index in [2.05, 4.69) is 27.8 Å². The van der Waals surface area contributed by atoms with E-state index in [1.807, 2.05) is 6.92 Å². The van der Waals surface area contributed by atoms with Gasteiger partial charge in [0.15, 0.2) is 0 Å². The SMILES string of the molecule is CCCC[C@H](NC(=O)OCCC)[C@@H](O)Nc1ccn[nH]1. The van der Waals surface area contributed by atoms with Crippen molar-refractivity contribution >= 4 is 11.9 Å². The highest BCUT2D eigenvalue weighted by Gasteiger charge is 2.21. The third kappa shape index (κ3) is 5.92. The molecule has 0 bridgehead atoms. The summed E-state index contributed by atoms with van der Waals surface area (Å²) in [6.07, 6.45) is 3.50. The molecule has 4 N–H and O–H groups in total. The number of aromatic amines is 1. The molecule has 7 heteroatoms. The Morgan fingerprint density at radius 1 is 1.50 bits per heavy atom. The molecule has 1 heterocycles. The number of alkyl carbamates (subject to hydrolysis) is 1. The Morgan fingerprint density at radius 3 is 2.90 bits per heavy atom. The van der Waals surface area contributed by atoms with Crippen LogP contribution in [0.25, 0.3) is 0 Å². The first-order chi connectivity index (χ1) is 9.67. The molecule has 1 amide bonds. The second-order valence-electron chi connectivity index (χ2n) is 4.59. The first kappa shape index (κ1) is 16.3. The van der Waals surface area contributed by atoms with E-state index in [0.29, 0.717) is 18.8 Å². The van der Waals surface area contributed by atoms with Gasteiger partial charge in [0.1, 0.15) is 12.0 Å². The van der Waals surface area contributed by atoms with Gasteiger partial charge in [-0.2, -0.15) is 5.10 Å². The molecule has 0 saturated carbocycles. The summed E-state index contributed by atoms with van der Waals surface area (Å²) in [6, 6.07) is 1.29. The minimum atomic E-state index is -0.906. The fourth-order valence-corrected chi connectivity index (χ4v) is 1.72. The largest absolute Gasteiger partial charge is 0.450 e. The van der Waals surface area contributed by atoms with Crippen LogP contribution in [0.3, 0.4) is 0 Å². The Bertz CT molecular complexity index is 370. The van der Waals surface area contributed by atoms with Crippen molar-refractivity contribution in [1.29, 1.82) is 0 Å². The average molecular weight is 284 g/mol. The lowest BCUT2D eigenvalue weighted by Crippen LogP contribution is -2.47. The van der Waals surface area contributed by atoms with Crippen LogP contribution in [-0.2, 0) is 4.74 Å². The maximum absolute atomic E-state index is 11.6. The molecule has 1 rings (SSSR count). The molecule has 2 atom stereocenters. The summed E-state index contributed by atoms with van der Waals surface area (Å²) in [5, 5.41) is 22.2. The first-order valence-corrected chi connectivity index (χ1v) is 7.04. The number of nitrogens with one attached hydrogen (secondary N) is 3. The van der Waals surface area contributed by atoms with Gasteiger partial charge in [0, 0.05) is 6.07 Å². The summed E-state index contributed by atoms with van der Waals surface area (Å²) < 4.78 is 4.98. The van der Waals surface area contributed by atoms with Crippen molar-refractivity contribution in [3.8, 4) is 0 Å². The van der Waals surface area contributed by atoms with Crippen molar-refractivity contribution in [2.75, 3.05) is 11.9 Å². The highest BCUT2D eigenvalue weighted by atomic mass is 16.5. The van der Waals surface area contributed by atoms with Gasteiger partial charge in [-0.05, 0) is 12.8 Å². The van der Waals surface area contributed by atoms with Gasteiger partial charge in [0.05, 0.1) is 18.8 Å². The number of rotatable bonds is 9. The molecule has 20 heavy (non-hydrogen) atoms. The number of aromatic nitrogens is 2. The first-order valence-electron chi connectivity index (χ1n) is 7.04. The molecule has 0 radical (unpaired) electrons. The zero-order valence-corrected chi connectivity index (χ0v) is 12.1. The van der Waals surface area contributed by atoms with E-state index in [4.69, 9.17) is 4.74 Å². The summed E-state index contributed by atoms with van der Waals surface area (Å²) in [6.45, 7) is 4.36. The molecule has 0 aliphatic heterocycles. The van der Waals surface area contributed by atoms with Crippen LogP contribution in [0.5, 0.6) is 0 Å². The molecule has 0 saturated heterocycles. The quantitative estimate of drug-likeness (QED) is 0.518. The van der Waals surface area contributed by atoms with Crippen molar-refractivity contribution in [3.63, 3.8) is 0 Å². The van der Waals surface area contributed by atoms with Crippen LogP contribution in [0.2, 0.25) is 0 Å². The summed E-state index contributed by atoms with van der Waals surface area (Å²) >= 11 is 0. The van der Waals surface area contributed by atoms with Crippen molar-refractivity contribution in [2.45, 2.75) is 51.8 Å². The predicted molar refractivity (Wildman–Crippen MR) is 76.3 cm³/mol. The minimum Gasteiger partial charge on any atom is -0.450 e. The number of H-pyrrole nitrogens is 1. The van der Waals surface area contributed by atoms with E-state index in [9.17, 15) is 9.90 Å². The van der Waals surface area contributed by atoms with E-state index >= 15 is 0 Å². The molecule has 1 aromatic rings. The van der Waals surface area contributed by atoms with Crippen LogP contribution in [0, 0.1) is 0 Å². The molecule has 0 spiro atoms. The second-order valence-corrected chi connectivity index (χ2v) is 4.59. The molecule has 7 nitrogen and oxygen atoms in total. The molecular weight excluding hydrogens is 260 g/mol. The van der Waals surface area contributed by atoms with Crippen LogP contribution in [-0.4, -0.2) is 40.3 Å². The summed E-state index contributed by atoms with van der Waals surface area (Å²) in [4.78, 5) is 11.6. The van der Waals surface area contributed by atoms with Gasteiger partial charge in [-0.1, -0.05) is 26.7 Å². The number of hydrogen-bond donors (Lipinski definition) is 4. The van der Waals surface area contributed by atoms with Gasteiger partial charge in [0.2, 0.25) is 0 Å². The molecule has 1 aromatic heterocycles. The molecule has 0 fully saturated rings. The van der Waals surface area contributed by atoms with E-state index in [0.717, 1.165) is 19.3 Å². The summed E-state index contributed by atoms with van der Waals surface area (Å²) in [5.41, 5.74) is 0. The van der Waals surface area contributed by atoms with Crippen LogP contribution in [0.15, 0.2) is 12.3 Å². The number of hydrogen-bond acceptors (Lipinski definition) is 5. The number of nitrogens with zero attached hydrogens (tertiary/aromatic N) is 1. The Hall–Kier alpha value is -1.76. The van der Waals surface area contributed by atoms with Crippen molar-refractivity contribution < 1.29 is 14.6 Å². The molecular formula is C13H24N4O3. The van der Waals surface area contributed by atoms with Crippen molar-refractivity contribution in [3.05, 3.63) is 12.3 Å². The average Bonchev–Trinajstić information content (AvgIpc) is 2.93. The Balaban J connectivity index is 2.50. The maximum Gasteiger partial charge on any atom is 0.407 e. The third-order valence-electron chi connectivity index (χ3n) is 2.79. The fourth-order valence-electron chi connectivity index (χ4n) is 1.72. The topological polar surface area (TPSA) is 99.3 Å². The second kappa shape index (κ2) is 9.19. The molecule has 0 unspecified atom stereocenters. The van der Waals surface area contributed by atoms with Gasteiger partial charge in [-0.15, -0.1) is 0 Å². The van der Waals surface area contributed by atoms with Crippen LogP contribution in [0.1, 0.15) is 39.5 Å². The van der Waals surface area contributed by atoms with E-state index < -0.39 is 18.4 Å². The number of ether oxygens (including phenoxy) is 1. The van der Waals surface area contributed by atoms with Crippen LogP contribution >= 0.6 is 0 Å². The molecule has 114 valence electrons. The fraction of sp³-hybridized carbons (Fsp3) is 0.692.